The zero-order chi connectivity index (χ0) is 22.4. The van der Waals surface area contributed by atoms with Crippen LogP contribution in [0.5, 0.6) is 0 Å². The zero-order valence-electron chi connectivity index (χ0n) is 18.2. The Morgan fingerprint density at radius 1 is 1.03 bits per heavy atom. The van der Waals surface area contributed by atoms with E-state index in [1.807, 2.05) is 61.8 Å². The average Bonchev–Trinajstić information content (AvgIpc) is 3.29. The van der Waals surface area contributed by atoms with Crippen molar-refractivity contribution in [3.8, 4) is 0 Å². The molecule has 0 spiro atoms. The smallest absolute Gasteiger partial charge is 0.259 e. The van der Waals surface area contributed by atoms with Gasteiger partial charge in [-0.15, -0.1) is 0 Å². The molecule has 1 aromatic heterocycles. The molecule has 4 aromatic rings. The first-order valence-electron chi connectivity index (χ1n) is 10.9. The molecule has 2 N–H and O–H groups in total. The highest BCUT2D eigenvalue weighted by Crippen LogP contribution is 2.41. The molecule has 2 heterocycles. The predicted octanol–water partition coefficient (Wildman–Crippen LogP) is 4.14. The second-order valence-corrected chi connectivity index (χ2v) is 8.20. The van der Waals surface area contributed by atoms with Gasteiger partial charge in [-0.3, -0.25) is 14.9 Å². The first-order chi connectivity index (χ1) is 15.5. The van der Waals surface area contributed by atoms with Gasteiger partial charge in [0.15, 0.2) is 0 Å². The van der Waals surface area contributed by atoms with Crippen LogP contribution >= 0.6 is 0 Å². The standard InChI is InChI=1S/C26H25N3O3/c1-3-28(2)13-11-16-9-10-17-19(15-16)22-23(26(32)27-25(22)31)21-18-7-4-5-8-20(18)29(24(17)21)12-6-14-30/h4-5,7-11,13,15,30H,3,6,12,14H2,1-2H3,(H,27,31,32)/b13-11-. The lowest BCUT2D eigenvalue weighted by molar-refractivity contribution is 0.0880. The van der Waals surface area contributed by atoms with E-state index in [1.54, 1.807) is 0 Å². The van der Waals surface area contributed by atoms with Crippen molar-refractivity contribution in [2.45, 2.75) is 19.9 Å². The van der Waals surface area contributed by atoms with Gasteiger partial charge < -0.3 is 14.6 Å². The average molecular weight is 428 g/mol. The van der Waals surface area contributed by atoms with Crippen LogP contribution in [-0.2, 0) is 6.54 Å². The molecule has 0 saturated carbocycles. The van der Waals surface area contributed by atoms with Gasteiger partial charge in [-0.1, -0.05) is 30.3 Å². The van der Waals surface area contributed by atoms with Gasteiger partial charge in [-0.05, 0) is 48.7 Å². The number of benzene rings is 3. The van der Waals surface area contributed by atoms with Crippen molar-refractivity contribution in [1.82, 2.24) is 14.8 Å². The van der Waals surface area contributed by atoms with Crippen molar-refractivity contribution in [3.05, 3.63) is 65.4 Å². The van der Waals surface area contributed by atoms with Gasteiger partial charge in [0.05, 0.1) is 16.6 Å². The van der Waals surface area contributed by atoms with Gasteiger partial charge in [0.25, 0.3) is 11.8 Å². The van der Waals surface area contributed by atoms with Crippen molar-refractivity contribution in [2.75, 3.05) is 20.2 Å². The summed E-state index contributed by atoms with van der Waals surface area (Å²) in [6.07, 6.45) is 4.61. The molecular weight excluding hydrogens is 402 g/mol. The van der Waals surface area contributed by atoms with Gasteiger partial charge >= 0.3 is 0 Å². The molecule has 0 atom stereocenters. The molecule has 3 aromatic carbocycles. The van der Waals surface area contributed by atoms with Gasteiger partial charge in [-0.25, -0.2) is 0 Å². The molecule has 6 heteroatoms. The van der Waals surface area contributed by atoms with E-state index < -0.39 is 0 Å². The maximum atomic E-state index is 12.9. The van der Waals surface area contributed by atoms with E-state index >= 15 is 0 Å². The minimum absolute atomic E-state index is 0.0791. The number of hydrogen-bond acceptors (Lipinski definition) is 4. The fraction of sp³-hybridized carbons (Fsp3) is 0.231. The highest BCUT2D eigenvalue weighted by atomic mass is 16.3. The van der Waals surface area contributed by atoms with Gasteiger partial charge in [0.1, 0.15) is 0 Å². The lowest BCUT2D eigenvalue weighted by atomic mass is 9.93. The summed E-state index contributed by atoms with van der Waals surface area (Å²) in [6.45, 7) is 3.67. The Morgan fingerprint density at radius 2 is 1.81 bits per heavy atom. The monoisotopic (exact) mass is 427 g/mol. The highest BCUT2D eigenvalue weighted by molar-refractivity contribution is 6.37. The molecule has 162 valence electrons. The van der Waals surface area contributed by atoms with Crippen LogP contribution < -0.4 is 5.32 Å². The summed E-state index contributed by atoms with van der Waals surface area (Å²) in [4.78, 5) is 27.9. The third-order valence-electron chi connectivity index (χ3n) is 6.28. The minimum Gasteiger partial charge on any atom is -0.396 e. The van der Waals surface area contributed by atoms with E-state index in [9.17, 15) is 14.7 Å². The molecule has 5 rings (SSSR count). The number of hydrogen-bond donors (Lipinski definition) is 2. The Balaban J connectivity index is 1.92. The summed E-state index contributed by atoms with van der Waals surface area (Å²) in [7, 11) is 2.00. The van der Waals surface area contributed by atoms with Gasteiger partial charge in [0, 0.05) is 48.4 Å². The summed E-state index contributed by atoms with van der Waals surface area (Å²) >= 11 is 0. The van der Waals surface area contributed by atoms with Crippen molar-refractivity contribution >= 4 is 50.5 Å². The fourth-order valence-electron chi connectivity index (χ4n) is 4.65. The number of rotatable bonds is 6. The zero-order valence-corrected chi connectivity index (χ0v) is 18.2. The Hall–Kier alpha value is -3.64. The van der Waals surface area contributed by atoms with E-state index in [-0.39, 0.29) is 18.4 Å². The molecule has 1 aliphatic rings. The van der Waals surface area contributed by atoms with E-state index in [1.165, 1.54) is 0 Å². The Labute approximate surface area is 185 Å². The van der Waals surface area contributed by atoms with Crippen LogP contribution in [0.15, 0.2) is 48.7 Å². The maximum Gasteiger partial charge on any atom is 0.259 e. The van der Waals surface area contributed by atoms with E-state index in [2.05, 4.69) is 21.7 Å². The van der Waals surface area contributed by atoms with Crippen LogP contribution in [0.1, 0.15) is 39.6 Å². The number of aromatic nitrogens is 1. The summed E-state index contributed by atoms with van der Waals surface area (Å²) in [5.41, 5.74) is 3.78. The molecule has 0 bridgehead atoms. The summed E-state index contributed by atoms with van der Waals surface area (Å²) in [5, 5.41) is 15.4. The molecule has 1 aliphatic heterocycles. The van der Waals surface area contributed by atoms with Crippen LogP contribution in [0.2, 0.25) is 0 Å². The number of carbonyl (C=O) groups excluding carboxylic acids is 2. The molecule has 0 radical (unpaired) electrons. The van der Waals surface area contributed by atoms with Crippen LogP contribution in [0.25, 0.3) is 38.7 Å². The van der Waals surface area contributed by atoms with Crippen molar-refractivity contribution in [2.24, 2.45) is 0 Å². The normalized spacial score (nSPS) is 13.6. The van der Waals surface area contributed by atoms with E-state index in [0.717, 1.165) is 44.7 Å². The number of aliphatic hydroxyl groups excluding tert-OH is 1. The van der Waals surface area contributed by atoms with Crippen LogP contribution in [0.3, 0.4) is 0 Å². The predicted molar refractivity (Wildman–Crippen MR) is 128 cm³/mol. The number of imide groups is 1. The van der Waals surface area contributed by atoms with E-state index in [4.69, 9.17) is 0 Å². The maximum absolute atomic E-state index is 12.9. The number of nitrogens with one attached hydrogen (secondary N) is 1. The second-order valence-electron chi connectivity index (χ2n) is 8.20. The number of amides is 2. The molecule has 0 unspecified atom stereocenters. The number of aryl methyl sites for hydroxylation is 1. The van der Waals surface area contributed by atoms with Crippen LogP contribution in [0, 0.1) is 0 Å². The highest BCUT2D eigenvalue weighted by Gasteiger charge is 2.34. The lowest BCUT2D eigenvalue weighted by Gasteiger charge is -2.12. The number of para-hydroxylation sites is 1. The van der Waals surface area contributed by atoms with Crippen molar-refractivity contribution in [1.29, 1.82) is 0 Å². The number of aliphatic hydroxyl groups is 1. The molecule has 6 nitrogen and oxygen atoms in total. The molecule has 32 heavy (non-hydrogen) atoms. The van der Waals surface area contributed by atoms with Gasteiger partial charge in [-0.2, -0.15) is 0 Å². The van der Waals surface area contributed by atoms with Crippen molar-refractivity contribution < 1.29 is 14.7 Å². The first-order valence-corrected chi connectivity index (χ1v) is 10.9. The molecule has 0 aliphatic carbocycles. The first kappa shape index (κ1) is 20.3. The number of nitrogens with zero attached hydrogens (tertiary/aromatic N) is 2. The minimum atomic E-state index is -0.353. The number of carbonyl (C=O) groups is 2. The third kappa shape index (κ3) is 2.99. The third-order valence-corrected chi connectivity index (χ3v) is 6.28. The Bertz CT molecular complexity index is 1430. The van der Waals surface area contributed by atoms with Crippen LogP contribution in [0.4, 0.5) is 0 Å². The van der Waals surface area contributed by atoms with Crippen LogP contribution in [-0.4, -0.2) is 46.6 Å². The van der Waals surface area contributed by atoms with Crippen molar-refractivity contribution in [3.63, 3.8) is 0 Å². The largest absolute Gasteiger partial charge is 0.396 e. The Morgan fingerprint density at radius 3 is 2.59 bits per heavy atom. The fourth-order valence-corrected chi connectivity index (χ4v) is 4.65. The lowest BCUT2D eigenvalue weighted by Crippen LogP contribution is -2.20. The van der Waals surface area contributed by atoms with E-state index in [0.29, 0.717) is 24.1 Å². The molecule has 0 fully saturated rings. The molecule has 0 saturated heterocycles. The summed E-state index contributed by atoms with van der Waals surface area (Å²) < 4.78 is 2.17. The Kier molecular flexibility index (Phi) is 4.94. The SMILES string of the molecule is CCN(C)/C=C\c1ccc2c(c1)c1c(c3c4ccccc4n(CCCO)c23)C(=O)NC1=O. The topological polar surface area (TPSA) is 74.6 Å². The van der Waals surface area contributed by atoms with Gasteiger partial charge in [0.2, 0.25) is 0 Å². The number of fused-ring (bicyclic) bond motifs is 8. The molecular formula is C26H25N3O3. The second kappa shape index (κ2) is 7.80. The molecule has 2 amide bonds. The summed E-state index contributed by atoms with van der Waals surface area (Å²) in [5.74, 6) is -0.704. The summed E-state index contributed by atoms with van der Waals surface area (Å²) in [6, 6.07) is 14.0. The quantitative estimate of drug-likeness (QED) is 0.454.